The van der Waals surface area contributed by atoms with Gasteiger partial charge in [0.15, 0.2) is 0 Å². The molecule has 0 unspecified atom stereocenters. The number of anilines is 1. The molecule has 0 aliphatic carbocycles. The van der Waals surface area contributed by atoms with Crippen molar-refractivity contribution < 1.29 is 9.66 Å². The molecule has 2 rings (SSSR count). The highest BCUT2D eigenvalue weighted by molar-refractivity contribution is 5.49. The third-order valence-electron chi connectivity index (χ3n) is 2.89. The van der Waals surface area contributed by atoms with Crippen LogP contribution in [0.2, 0.25) is 0 Å². The highest BCUT2D eigenvalue weighted by Gasteiger charge is 2.05. The number of nitrogens with zero attached hydrogens (tertiary/aromatic N) is 1. The smallest absolute Gasteiger partial charge is 0.269 e. The molecule has 0 heterocycles. The Morgan fingerprint density at radius 1 is 1.19 bits per heavy atom. The van der Waals surface area contributed by atoms with Crippen LogP contribution in [-0.2, 0) is 6.54 Å². The van der Waals surface area contributed by atoms with Crippen molar-refractivity contribution in [3.63, 3.8) is 0 Å². The molecular formula is C16H16N2O3. The maximum Gasteiger partial charge on any atom is 0.269 e. The molecule has 108 valence electrons. The number of nitro benzene ring substituents is 1. The largest absolute Gasteiger partial charge is 0.489 e. The summed E-state index contributed by atoms with van der Waals surface area (Å²) in [6.45, 7) is 4.65. The molecule has 1 N–H and O–H groups in total. The van der Waals surface area contributed by atoms with E-state index < -0.39 is 4.92 Å². The molecule has 5 heteroatoms. The third-order valence-corrected chi connectivity index (χ3v) is 2.89. The second-order valence-electron chi connectivity index (χ2n) is 4.36. The first kappa shape index (κ1) is 14.6. The van der Waals surface area contributed by atoms with Crippen molar-refractivity contribution >= 4 is 11.4 Å². The van der Waals surface area contributed by atoms with Gasteiger partial charge in [-0.15, -0.1) is 0 Å². The Kier molecular flexibility index (Phi) is 4.93. The van der Waals surface area contributed by atoms with Crippen LogP contribution in [-0.4, -0.2) is 11.5 Å². The Balaban J connectivity index is 2.02. The van der Waals surface area contributed by atoms with Crippen LogP contribution in [0.15, 0.2) is 61.2 Å². The lowest BCUT2D eigenvalue weighted by Gasteiger charge is -2.11. The monoisotopic (exact) mass is 284 g/mol. The summed E-state index contributed by atoms with van der Waals surface area (Å²) in [5.41, 5.74) is 1.91. The first-order valence-electron chi connectivity index (χ1n) is 6.50. The van der Waals surface area contributed by atoms with Gasteiger partial charge < -0.3 is 10.1 Å². The lowest BCUT2D eigenvalue weighted by atomic mass is 10.2. The van der Waals surface area contributed by atoms with Gasteiger partial charge >= 0.3 is 0 Å². The lowest BCUT2D eigenvalue weighted by Crippen LogP contribution is -2.03. The van der Waals surface area contributed by atoms with E-state index in [2.05, 4.69) is 11.9 Å². The number of hydrogen-bond acceptors (Lipinski definition) is 4. The van der Waals surface area contributed by atoms with E-state index in [4.69, 9.17) is 4.74 Å². The van der Waals surface area contributed by atoms with Gasteiger partial charge in [0, 0.05) is 29.9 Å². The van der Waals surface area contributed by atoms with Gasteiger partial charge in [0.2, 0.25) is 0 Å². The highest BCUT2D eigenvalue weighted by Crippen LogP contribution is 2.21. The van der Waals surface area contributed by atoms with Crippen LogP contribution in [0.5, 0.6) is 5.75 Å². The average Bonchev–Trinajstić information content (AvgIpc) is 2.52. The van der Waals surface area contributed by atoms with Crippen molar-refractivity contribution in [3.05, 3.63) is 76.9 Å². The molecule has 21 heavy (non-hydrogen) atoms. The molecule has 0 aliphatic rings. The molecule has 5 nitrogen and oxygen atoms in total. The standard InChI is InChI=1S/C16H16N2O3/c1-2-11-21-16-6-4-3-5-13(16)12-17-14-7-9-15(10-8-14)18(19)20/h2-10,17H,1,11-12H2. The summed E-state index contributed by atoms with van der Waals surface area (Å²) in [7, 11) is 0. The number of nitrogens with one attached hydrogen (secondary N) is 1. The first-order valence-corrected chi connectivity index (χ1v) is 6.50. The second kappa shape index (κ2) is 7.09. The van der Waals surface area contributed by atoms with Gasteiger partial charge in [-0.2, -0.15) is 0 Å². The number of para-hydroxylation sites is 1. The fourth-order valence-electron chi connectivity index (χ4n) is 1.84. The van der Waals surface area contributed by atoms with Crippen LogP contribution < -0.4 is 10.1 Å². The third kappa shape index (κ3) is 4.07. The lowest BCUT2D eigenvalue weighted by molar-refractivity contribution is -0.384. The van der Waals surface area contributed by atoms with Crippen molar-refractivity contribution in [2.45, 2.75) is 6.54 Å². The number of rotatable bonds is 7. The van der Waals surface area contributed by atoms with Crippen molar-refractivity contribution in [3.8, 4) is 5.75 Å². The Morgan fingerprint density at radius 2 is 1.90 bits per heavy atom. The second-order valence-corrected chi connectivity index (χ2v) is 4.36. The molecule has 0 amide bonds. The summed E-state index contributed by atoms with van der Waals surface area (Å²) in [5.74, 6) is 0.798. The minimum atomic E-state index is -0.414. The van der Waals surface area contributed by atoms with Gasteiger partial charge in [-0.1, -0.05) is 30.9 Å². The molecule has 0 saturated carbocycles. The van der Waals surface area contributed by atoms with Crippen molar-refractivity contribution in [2.75, 3.05) is 11.9 Å². The summed E-state index contributed by atoms with van der Waals surface area (Å²) in [6, 6.07) is 14.0. The molecule has 0 saturated heterocycles. The predicted molar refractivity (Wildman–Crippen MR) is 82.6 cm³/mol. The van der Waals surface area contributed by atoms with Crippen molar-refractivity contribution in [2.24, 2.45) is 0 Å². The van der Waals surface area contributed by atoms with E-state index in [9.17, 15) is 10.1 Å². The molecular weight excluding hydrogens is 268 g/mol. The Hall–Kier alpha value is -2.82. The first-order chi connectivity index (χ1) is 10.2. The summed E-state index contributed by atoms with van der Waals surface area (Å²) < 4.78 is 5.58. The normalized spacial score (nSPS) is 9.90. The summed E-state index contributed by atoms with van der Waals surface area (Å²) in [4.78, 5) is 10.2. The quantitative estimate of drug-likeness (QED) is 0.477. The van der Waals surface area contributed by atoms with Crippen LogP contribution in [0, 0.1) is 10.1 Å². The topological polar surface area (TPSA) is 64.4 Å². The summed E-state index contributed by atoms with van der Waals surface area (Å²) in [5, 5.41) is 13.8. The highest BCUT2D eigenvalue weighted by atomic mass is 16.6. The Bertz CT molecular complexity index is 624. The fourth-order valence-corrected chi connectivity index (χ4v) is 1.84. The van der Waals surface area contributed by atoms with E-state index in [0.717, 1.165) is 17.0 Å². The zero-order valence-electron chi connectivity index (χ0n) is 11.5. The molecule has 2 aromatic carbocycles. The summed E-state index contributed by atoms with van der Waals surface area (Å²) >= 11 is 0. The number of hydrogen-bond donors (Lipinski definition) is 1. The maximum atomic E-state index is 10.6. The number of nitro groups is 1. The van der Waals surface area contributed by atoms with Gasteiger partial charge in [-0.3, -0.25) is 10.1 Å². The molecule has 0 aliphatic heterocycles. The van der Waals surface area contributed by atoms with Gasteiger partial charge in [-0.05, 0) is 18.2 Å². The van der Waals surface area contributed by atoms with Crippen LogP contribution in [0.3, 0.4) is 0 Å². The number of non-ortho nitro benzene ring substituents is 1. The summed E-state index contributed by atoms with van der Waals surface area (Å²) in [6.07, 6.45) is 1.69. The molecule has 0 radical (unpaired) electrons. The zero-order valence-corrected chi connectivity index (χ0v) is 11.5. The van der Waals surface area contributed by atoms with Gasteiger partial charge in [0.05, 0.1) is 4.92 Å². The number of ether oxygens (including phenoxy) is 1. The Labute approximate surface area is 123 Å². The van der Waals surface area contributed by atoms with Crippen molar-refractivity contribution in [1.82, 2.24) is 0 Å². The van der Waals surface area contributed by atoms with Gasteiger partial charge in [-0.25, -0.2) is 0 Å². The maximum absolute atomic E-state index is 10.6. The van der Waals surface area contributed by atoms with Crippen LogP contribution in [0.4, 0.5) is 11.4 Å². The van der Waals surface area contributed by atoms with Crippen LogP contribution >= 0.6 is 0 Å². The molecule has 0 bridgehead atoms. The van der Waals surface area contributed by atoms with E-state index in [-0.39, 0.29) is 5.69 Å². The average molecular weight is 284 g/mol. The van der Waals surface area contributed by atoms with Crippen LogP contribution in [0.25, 0.3) is 0 Å². The number of benzene rings is 2. The van der Waals surface area contributed by atoms with E-state index in [1.807, 2.05) is 24.3 Å². The van der Waals surface area contributed by atoms with Crippen molar-refractivity contribution in [1.29, 1.82) is 0 Å². The predicted octanol–water partition coefficient (Wildman–Crippen LogP) is 3.77. The molecule has 0 spiro atoms. The Morgan fingerprint density at radius 3 is 2.57 bits per heavy atom. The zero-order chi connectivity index (χ0) is 15.1. The SMILES string of the molecule is C=CCOc1ccccc1CNc1ccc([N+](=O)[O-])cc1. The van der Waals surface area contributed by atoms with E-state index in [1.165, 1.54) is 12.1 Å². The van der Waals surface area contributed by atoms with E-state index in [1.54, 1.807) is 18.2 Å². The minimum Gasteiger partial charge on any atom is -0.489 e. The van der Waals surface area contributed by atoms with Gasteiger partial charge in [0.1, 0.15) is 12.4 Å². The minimum absolute atomic E-state index is 0.0790. The van der Waals surface area contributed by atoms with E-state index >= 15 is 0 Å². The molecule has 2 aromatic rings. The molecule has 0 aromatic heterocycles. The van der Waals surface area contributed by atoms with Crippen LogP contribution in [0.1, 0.15) is 5.56 Å². The molecule has 0 atom stereocenters. The van der Waals surface area contributed by atoms with Gasteiger partial charge in [0.25, 0.3) is 5.69 Å². The molecule has 0 fully saturated rings. The fraction of sp³-hybridized carbons (Fsp3) is 0.125. The van der Waals surface area contributed by atoms with E-state index in [0.29, 0.717) is 13.2 Å².